The first kappa shape index (κ1) is 28.0. The average Bonchev–Trinajstić information content (AvgIpc) is 3.25. The Morgan fingerprint density at radius 2 is 1.60 bits per heavy atom. The molecule has 4 aromatic carbocycles. The fourth-order valence-electron chi connectivity index (χ4n) is 6.21. The number of hydrogen-bond acceptors (Lipinski definition) is 7. The molecule has 8 heteroatoms. The van der Waals surface area contributed by atoms with Gasteiger partial charge in [-0.15, -0.1) is 0 Å². The van der Waals surface area contributed by atoms with Gasteiger partial charge in [-0.25, -0.2) is 5.01 Å². The van der Waals surface area contributed by atoms with Gasteiger partial charge in [-0.05, 0) is 68.8 Å². The number of nitrogens with zero attached hydrogens (tertiary/aromatic N) is 5. The van der Waals surface area contributed by atoms with Gasteiger partial charge in [0, 0.05) is 84.8 Å². The van der Waals surface area contributed by atoms with Crippen molar-refractivity contribution >= 4 is 41.1 Å². The smallest absolute Gasteiger partial charge is 0.275 e. The molecule has 1 amide bonds. The van der Waals surface area contributed by atoms with Gasteiger partial charge < -0.3 is 20.3 Å². The van der Waals surface area contributed by atoms with Gasteiger partial charge in [0.1, 0.15) is 17.0 Å². The number of ether oxygens (including phenoxy) is 1. The van der Waals surface area contributed by atoms with Crippen LogP contribution in [0.15, 0.2) is 89.0 Å². The van der Waals surface area contributed by atoms with E-state index in [1.54, 1.807) is 17.4 Å². The van der Waals surface area contributed by atoms with E-state index in [4.69, 9.17) is 15.6 Å². The highest BCUT2D eigenvalue weighted by atomic mass is 16.5. The number of rotatable bonds is 7. The van der Waals surface area contributed by atoms with Crippen molar-refractivity contribution in [2.75, 3.05) is 42.7 Å². The van der Waals surface area contributed by atoms with Crippen LogP contribution in [0.4, 0.5) is 22.7 Å². The molecule has 0 bridgehead atoms. The van der Waals surface area contributed by atoms with E-state index in [0.29, 0.717) is 22.7 Å². The zero-order chi connectivity index (χ0) is 30.3. The summed E-state index contributed by atoms with van der Waals surface area (Å²) in [5.41, 5.74) is 12.9. The Kier molecular flexibility index (Phi) is 7.13. The van der Waals surface area contributed by atoms with Crippen molar-refractivity contribution in [2.45, 2.75) is 26.3 Å². The largest absolute Gasteiger partial charge is 0.456 e. The van der Waals surface area contributed by atoms with E-state index in [9.17, 15) is 4.79 Å². The molecule has 0 saturated heterocycles. The quantitative estimate of drug-likeness (QED) is 0.196. The molecular weight excluding hydrogens is 536 g/mol. The van der Waals surface area contributed by atoms with Crippen LogP contribution in [0.2, 0.25) is 0 Å². The van der Waals surface area contributed by atoms with Crippen LogP contribution >= 0.6 is 0 Å². The lowest BCUT2D eigenvalue weighted by atomic mass is 9.74. The minimum atomic E-state index is -1.06. The Morgan fingerprint density at radius 1 is 0.884 bits per heavy atom. The number of aliphatic imine (C=N–C) groups is 1. The summed E-state index contributed by atoms with van der Waals surface area (Å²) in [6.07, 6.45) is 3.20. The van der Waals surface area contributed by atoms with Crippen molar-refractivity contribution in [2.24, 2.45) is 10.1 Å². The minimum absolute atomic E-state index is 0.198. The van der Waals surface area contributed by atoms with E-state index in [2.05, 4.69) is 42.8 Å². The van der Waals surface area contributed by atoms with E-state index in [0.717, 1.165) is 52.4 Å². The zero-order valence-electron chi connectivity index (χ0n) is 25.2. The third-order valence-electron chi connectivity index (χ3n) is 8.30. The highest BCUT2D eigenvalue weighted by Gasteiger charge is 2.57. The number of anilines is 3. The van der Waals surface area contributed by atoms with Crippen molar-refractivity contribution in [1.29, 1.82) is 0 Å². The first-order valence-corrected chi connectivity index (χ1v) is 14.6. The number of carbonyl (C=O) groups excluding carboxylic acids is 1. The second kappa shape index (κ2) is 10.9. The lowest BCUT2D eigenvalue weighted by molar-refractivity contribution is 0.0675. The molecule has 1 spiro atoms. The molecule has 0 aromatic heterocycles. The van der Waals surface area contributed by atoms with Gasteiger partial charge in [0.25, 0.3) is 5.91 Å². The summed E-state index contributed by atoms with van der Waals surface area (Å²) in [7, 11) is 4.00. The minimum Gasteiger partial charge on any atom is -0.456 e. The first-order valence-electron chi connectivity index (χ1n) is 14.6. The van der Waals surface area contributed by atoms with Gasteiger partial charge in [-0.1, -0.05) is 24.3 Å². The summed E-state index contributed by atoms with van der Waals surface area (Å²) in [5, 5.41) is 6.38. The SMILES string of the molecule is CCN(CC)c1cc2c(cc1C)C1(c3ccc(N)cc3O2)c2ccccc2C(=O)N1N=CC=Nc1ccc(N(C)C)cc1. The van der Waals surface area contributed by atoms with Crippen molar-refractivity contribution in [3.05, 3.63) is 107 Å². The zero-order valence-corrected chi connectivity index (χ0v) is 25.2. The summed E-state index contributed by atoms with van der Waals surface area (Å²) in [5.74, 6) is 1.07. The molecule has 1 unspecified atom stereocenters. The van der Waals surface area contributed by atoms with E-state index < -0.39 is 5.54 Å². The maximum Gasteiger partial charge on any atom is 0.275 e. The van der Waals surface area contributed by atoms with E-state index in [1.807, 2.05) is 85.7 Å². The van der Waals surface area contributed by atoms with Crippen LogP contribution in [0, 0.1) is 6.92 Å². The fraction of sp³-hybridized carbons (Fsp3) is 0.229. The van der Waals surface area contributed by atoms with Crippen molar-refractivity contribution in [1.82, 2.24) is 5.01 Å². The van der Waals surface area contributed by atoms with Crippen LogP contribution in [0.1, 0.15) is 46.5 Å². The van der Waals surface area contributed by atoms with Gasteiger partial charge >= 0.3 is 0 Å². The summed E-state index contributed by atoms with van der Waals surface area (Å²) >= 11 is 0. The number of carbonyl (C=O) groups is 1. The standard InChI is InChI=1S/C35H36N6O2/c1-6-40(7-2)31-22-33-30(20-23(31)3)35(29-17-12-24(36)21-32(29)43-33)28-11-9-8-10-27(28)34(42)41(35)38-19-18-37-25-13-15-26(16-14-25)39(4)5/h8-22H,6-7,36H2,1-5H3. The third kappa shape index (κ3) is 4.50. The normalized spacial score (nSPS) is 16.9. The Morgan fingerprint density at radius 3 is 2.33 bits per heavy atom. The highest BCUT2D eigenvalue weighted by molar-refractivity contribution is 6.17. The van der Waals surface area contributed by atoms with Crippen molar-refractivity contribution < 1.29 is 9.53 Å². The number of amides is 1. The molecule has 8 nitrogen and oxygen atoms in total. The Bertz CT molecular complexity index is 1760. The second-order valence-corrected chi connectivity index (χ2v) is 11.0. The summed E-state index contributed by atoms with van der Waals surface area (Å²) in [6, 6.07) is 25.5. The first-order chi connectivity index (χ1) is 20.8. The van der Waals surface area contributed by atoms with Crippen LogP contribution in [0.5, 0.6) is 11.5 Å². The van der Waals surface area contributed by atoms with Crippen LogP contribution in [-0.4, -0.2) is 50.5 Å². The Labute approximate surface area is 252 Å². The Hall–Kier alpha value is -5.11. The molecule has 2 heterocycles. The van der Waals surface area contributed by atoms with E-state index in [1.165, 1.54) is 0 Å². The number of hydrazone groups is 1. The van der Waals surface area contributed by atoms with Crippen LogP contribution in [0.3, 0.4) is 0 Å². The average molecular weight is 573 g/mol. The van der Waals surface area contributed by atoms with Gasteiger partial charge in [0.2, 0.25) is 0 Å². The number of hydrogen-bond donors (Lipinski definition) is 1. The number of benzene rings is 4. The topological polar surface area (TPSA) is 86.8 Å². The van der Waals surface area contributed by atoms with E-state index >= 15 is 0 Å². The van der Waals surface area contributed by atoms with Crippen LogP contribution < -0.4 is 20.3 Å². The summed E-state index contributed by atoms with van der Waals surface area (Å²) < 4.78 is 6.56. The van der Waals surface area contributed by atoms with Crippen LogP contribution in [-0.2, 0) is 5.54 Å². The predicted molar refractivity (Wildman–Crippen MR) is 176 cm³/mol. The Balaban J connectivity index is 1.53. The number of aryl methyl sites for hydroxylation is 1. The second-order valence-electron chi connectivity index (χ2n) is 11.0. The number of nitrogen functional groups attached to an aromatic ring is 1. The molecular formula is C35H36N6O2. The monoisotopic (exact) mass is 572 g/mol. The molecule has 2 aliphatic rings. The maximum absolute atomic E-state index is 14.2. The summed E-state index contributed by atoms with van der Waals surface area (Å²) in [4.78, 5) is 23.1. The molecule has 6 rings (SSSR count). The number of fused-ring (bicyclic) bond motifs is 6. The maximum atomic E-state index is 14.2. The van der Waals surface area contributed by atoms with Crippen molar-refractivity contribution in [3.63, 3.8) is 0 Å². The molecule has 0 radical (unpaired) electrons. The lowest BCUT2D eigenvalue weighted by Crippen LogP contribution is -2.44. The summed E-state index contributed by atoms with van der Waals surface area (Å²) in [6.45, 7) is 8.10. The lowest BCUT2D eigenvalue weighted by Gasteiger charge is -2.42. The van der Waals surface area contributed by atoms with Gasteiger partial charge in [-0.2, -0.15) is 5.10 Å². The van der Waals surface area contributed by atoms with Gasteiger partial charge in [-0.3, -0.25) is 9.79 Å². The molecule has 2 aliphatic heterocycles. The molecule has 0 fully saturated rings. The molecule has 218 valence electrons. The van der Waals surface area contributed by atoms with Crippen molar-refractivity contribution in [3.8, 4) is 11.5 Å². The van der Waals surface area contributed by atoms with Crippen LogP contribution in [0.25, 0.3) is 0 Å². The molecule has 43 heavy (non-hydrogen) atoms. The molecule has 0 saturated carbocycles. The number of nitrogens with two attached hydrogens (primary N) is 1. The third-order valence-corrected chi connectivity index (χ3v) is 8.30. The van der Waals surface area contributed by atoms with Gasteiger partial charge in [0.15, 0.2) is 0 Å². The molecule has 1 atom stereocenters. The van der Waals surface area contributed by atoms with E-state index in [-0.39, 0.29) is 5.91 Å². The predicted octanol–water partition coefficient (Wildman–Crippen LogP) is 6.73. The highest BCUT2D eigenvalue weighted by Crippen LogP contribution is 2.58. The van der Waals surface area contributed by atoms with Gasteiger partial charge in [0.05, 0.1) is 11.9 Å². The molecule has 0 aliphatic carbocycles. The fourth-order valence-corrected chi connectivity index (χ4v) is 6.21. The molecule has 2 N–H and O–H groups in total. The molecule has 4 aromatic rings.